The van der Waals surface area contributed by atoms with Crippen molar-refractivity contribution in [2.24, 2.45) is 7.05 Å². The predicted molar refractivity (Wildman–Crippen MR) is 85.1 cm³/mol. The first kappa shape index (κ1) is 14.2. The number of hydrogen-bond acceptors (Lipinski definition) is 3. The highest BCUT2D eigenvalue weighted by atomic mass is 32.1. The Labute approximate surface area is 127 Å². The van der Waals surface area contributed by atoms with E-state index < -0.39 is 0 Å². The molecular weight excluding hydrogens is 285 g/mol. The van der Waals surface area contributed by atoms with Crippen LogP contribution >= 0.6 is 11.3 Å². The number of thiophene rings is 1. The fourth-order valence-corrected chi connectivity index (χ4v) is 3.59. The predicted octanol–water partition coefficient (Wildman–Crippen LogP) is 3.86. The maximum absolute atomic E-state index is 13.4. The van der Waals surface area contributed by atoms with Crippen LogP contribution < -0.4 is 5.32 Å². The summed E-state index contributed by atoms with van der Waals surface area (Å²) in [6, 6.07) is 7.14. The normalized spacial score (nSPS) is 12.9. The summed E-state index contributed by atoms with van der Waals surface area (Å²) in [4.78, 5) is 1.19. The molecule has 0 amide bonds. The second-order valence-electron chi connectivity index (χ2n) is 5.17. The van der Waals surface area contributed by atoms with Crippen LogP contribution in [-0.2, 0) is 7.05 Å². The standard InChI is InChI=1S/C16H18FN3S/c1-3-6-18-16(12-9-19-20(2)10-12)15-8-11-7-13(17)4-5-14(11)21-15/h4-5,7-10,16,18H,3,6H2,1-2H3. The van der Waals surface area contributed by atoms with Gasteiger partial charge >= 0.3 is 0 Å². The minimum atomic E-state index is -0.189. The minimum absolute atomic E-state index is 0.110. The summed E-state index contributed by atoms with van der Waals surface area (Å²) in [6.45, 7) is 3.08. The van der Waals surface area contributed by atoms with Crippen molar-refractivity contribution in [3.05, 3.63) is 52.9 Å². The number of aromatic nitrogens is 2. The van der Waals surface area contributed by atoms with Crippen LogP contribution in [0, 0.1) is 5.82 Å². The van der Waals surface area contributed by atoms with Gasteiger partial charge in [-0.05, 0) is 42.6 Å². The van der Waals surface area contributed by atoms with E-state index in [4.69, 9.17) is 0 Å². The second kappa shape index (κ2) is 5.95. The van der Waals surface area contributed by atoms with Crippen molar-refractivity contribution in [3.63, 3.8) is 0 Å². The first-order valence-corrected chi connectivity index (χ1v) is 7.90. The summed E-state index contributed by atoms with van der Waals surface area (Å²) >= 11 is 1.70. The molecule has 0 saturated carbocycles. The third kappa shape index (κ3) is 2.99. The number of rotatable bonds is 5. The largest absolute Gasteiger partial charge is 0.306 e. The van der Waals surface area contributed by atoms with Crippen molar-refractivity contribution in [2.75, 3.05) is 6.54 Å². The van der Waals surface area contributed by atoms with E-state index in [0.717, 1.165) is 28.6 Å². The molecule has 0 fully saturated rings. The fraction of sp³-hybridized carbons (Fsp3) is 0.312. The second-order valence-corrected chi connectivity index (χ2v) is 6.28. The molecule has 0 spiro atoms. The van der Waals surface area contributed by atoms with E-state index in [2.05, 4.69) is 23.4 Å². The molecule has 1 N–H and O–H groups in total. The third-order valence-corrected chi connectivity index (χ3v) is 4.62. The van der Waals surface area contributed by atoms with Gasteiger partial charge in [0.1, 0.15) is 5.82 Å². The van der Waals surface area contributed by atoms with Gasteiger partial charge in [-0.15, -0.1) is 11.3 Å². The van der Waals surface area contributed by atoms with Crippen LogP contribution in [0.15, 0.2) is 36.7 Å². The van der Waals surface area contributed by atoms with Gasteiger partial charge in [-0.3, -0.25) is 4.68 Å². The zero-order chi connectivity index (χ0) is 14.8. The number of halogens is 1. The Balaban J connectivity index is 2.00. The van der Waals surface area contributed by atoms with E-state index in [1.807, 2.05) is 30.2 Å². The molecular formula is C16H18FN3S. The van der Waals surface area contributed by atoms with Crippen LogP contribution in [0.4, 0.5) is 4.39 Å². The molecule has 110 valence electrons. The third-order valence-electron chi connectivity index (χ3n) is 3.44. The van der Waals surface area contributed by atoms with Crippen molar-refractivity contribution >= 4 is 21.4 Å². The quantitative estimate of drug-likeness (QED) is 0.775. The summed E-state index contributed by atoms with van der Waals surface area (Å²) in [5, 5.41) is 8.78. The highest BCUT2D eigenvalue weighted by molar-refractivity contribution is 7.19. The number of aryl methyl sites for hydroxylation is 1. The number of nitrogens with one attached hydrogen (secondary N) is 1. The molecule has 0 saturated heterocycles. The van der Waals surface area contributed by atoms with Crippen LogP contribution in [-0.4, -0.2) is 16.3 Å². The molecule has 21 heavy (non-hydrogen) atoms. The van der Waals surface area contributed by atoms with Crippen LogP contribution in [0.2, 0.25) is 0 Å². The highest BCUT2D eigenvalue weighted by Gasteiger charge is 2.17. The van der Waals surface area contributed by atoms with Gasteiger partial charge in [-0.1, -0.05) is 6.92 Å². The number of benzene rings is 1. The lowest BCUT2D eigenvalue weighted by Crippen LogP contribution is -2.22. The maximum Gasteiger partial charge on any atom is 0.123 e. The molecule has 0 aliphatic heterocycles. The van der Waals surface area contributed by atoms with Gasteiger partial charge in [-0.25, -0.2) is 4.39 Å². The van der Waals surface area contributed by atoms with Gasteiger partial charge in [0.15, 0.2) is 0 Å². The average molecular weight is 303 g/mol. The van der Waals surface area contributed by atoms with Gasteiger partial charge in [0, 0.05) is 28.4 Å². The molecule has 0 aliphatic carbocycles. The summed E-state index contributed by atoms with van der Waals surface area (Å²) < 4.78 is 16.3. The Morgan fingerprint density at radius 2 is 2.24 bits per heavy atom. The van der Waals surface area contributed by atoms with Gasteiger partial charge < -0.3 is 5.32 Å². The Bertz CT molecular complexity index is 747. The molecule has 3 rings (SSSR count). The van der Waals surface area contributed by atoms with Gasteiger partial charge in [0.2, 0.25) is 0 Å². The van der Waals surface area contributed by atoms with Gasteiger partial charge in [-0.2, -0.15) is 5.10 Å². The molecule has 0 aliphatic rings. The molecule has 5 heteroatoms. The zero-order valence-corrected chi connectivity index (χ0v) is 13.0. The Morgan fingerprint density at radius 3 is 2.95 bits per heavy atom. The zero-order valence-electron chi connectivity index (χ0n) is 12.1. The molecule has 1 atom stereocenters. The van der Waals surface area contributed by atoms with Crippen molar-refractivity contribution in [2.45, 2.75) is 19.4 Å². The van der Waals surface area contributed by atoms with Gasteiger partial charge in [0.25, 0.3) is 0 Å². The summed E-state index contributed by atoms with van der Waals surface area (Å²) in [6.07, 6.45) is 4.98. The Hall–Kier alpha value is -1.72. The first-order valence-electron chi connectivity index (χ1n) is 7.08. The summed E-state index contributed by atoms with van der Waals surface area (Å²) in [5.41, 5.74) is 1.14. The number of fused-ring (bicyclic) bond motifs is 1. The average Bonchev–Trinajstić information content (AvgIpc) is 3.05. The van der Waals surface area contributed by atoms with Crippen molar-refractivity contribution in [1.82, 2.24) is 15.1 Å². The van der Waals surface area contributed by atoms with Crippen LogP contribution in [0.25, 0.3) is 10.1 Å². The number of hydrogen-bond donors (Lipinski definition) is 1. The lowest BCUT2D eigenvalue weighted by Gasteiger charge is -2.15. The van der Waals surface area contributed by atoms with Crippen molar-refractivity contribution < 1.29 is 4.39 Å². The van der Waals surface area contributed by atoms with Crippen molar-refractivity contribution in [1.29, 1.82) is 0 Å². The van der Waals surface area contributed by atoms with Crippen LogP contribution in [0.5, 0.6) is 0 Å². The lowest BCUT2D eigenvalue weighted by molar-refractivity contribution is 0.605. The van der Waals surface area contributed by atoms with Crippen LogP contribution in [0.1, 0.15) is 29.8 Å². The van der Waals surface area contributed by atoms with Crippen LogP contribution in [0.3, 0.4) is 0 Å². The van der Waals surface area contributed by atoms with Gasteiger partial charge in [0.05, 0.1) is 12.2 Å². The Kier molecular flexibility index (Phi) is 4.03. The van der Waals surface area contributed by atoms with E-state index in [9.17, 15) is 4.39 Å². The summed E-state index contributed by atoms with van der Waals surface area (Å²) in [5.74, 6) is -0.189. The monoisotopic (exact) mass is 303 g/mol. The van der Waals surface area contributed by atoms with E-state index in [1.54, 1.807) is 17.4 Å². The smallest absolute Gasteiger partial charge is 0.123 e. The lowest BCUT2D eigenvalue weighted by atomic mass is 10.1. The van der Waals surface area contributed by atoms with Crippen molar-refractivity contribution in [3.8, 4) is 0 Å². The Morgan fingerprint density at radius 1 is 1.38 bits per heavy atom. The molecule has 1 unspecified atom stereocenters. The maximum atomic E-state index is 13.4. The SMILES string of the molecule is CCCNC(c1cnn(C)c1)c1cc2cc(F)ccc2s1. The van der Waals surface area contributed by atoms with E-state index in [1.165, 1.54) is 10.9 Å². The van der Waals surface area contributed by atoms with E-state index >= 15 is 0 Å². The molecule has 2 aromatic heterocycles. The first-order chi connectivity index (χ1) is 10.2. The summed E-state index contributed by atoms with van der Waals surface area (Å²) in [7, 11) is 1.92. The molecule has 2 heterocycles. The minimum Gasteiger partial charge on any atom is -0.306 e. The van der Waals surface area contributed by atoms with E-state index in [-0.39, 0.29) is 11.9 Å². The number of nitrogens with zero attached hydrogens (tertiary/aromatic N) is 2. The highest BCUT2D eigenvalue weighted by Crippen LogP contribution is 2.33. The molecule has 1 aromatic carbocycles. The molecule has 0 radical (unpaired) electrons. The topological polar surface area (TPSA) is 29.9 Å². The molecule has 3 nitrogen and oxygen atoms in total. The molecule has 0 bridgehead atoms. The van der Waals surface area contributed by atoms with E-state index in [0.29, 0.717) is 0 Å². The fourth-order valence-electron chi connectivity index (χ4n) is 2.44. The molecule has 3 aromatic rings.